The van der Waals surface area contributed by atoms with Crippen molar-refractivity contribution in [3.8, 4) is 11.5 Å². The minimum absolute atomic E-state index is 0.00863. The van der Waals surface area contributed by atoms with Crippen molar-refractivity contribution in [2.24, 2.45) is 5.73 Å². The first-order valence-electron chi connectivity index (χ1n) is 6.53. The Morgan fingerprint density at radius 1 is 1.32 bits per heavy atom. The highest BCUT2D eigenvalue weighted by atomic mass is 32.2. The second kappa shape index (κ2) is 6.50. The number of hydrogen-bond donors (Lipinski definition) is 2. The highest BCUT2D eigenvalue weighted by Crippen LogP contribution is 2.34. The summed E-state index contributed by atoms with van der Waals surface area (Å²) in [6.07, 6.45) is 1.68. The van der Waals surface area contributed by atoms with Crippen molar-refractivity contribution in [2.75, 3.05) is 25.6 Å². The Hall–Kier alpha value is -0.910. The van der Waals surface area contributed by atoms with E-state index in [9.17, 15) is 0 Å². The maximum atomic E-state index is 9.11. The van der Waals surface area contributed by atoms with Crippen LogP contribution in [-0.2, 0) is 0 Å². The van der Waals surface area contributed by atoms with E-state index in [2.05, 4.69) is 0 Å². The third-order valence-corrected chi connectivity index (χ3v) is 4.02. The Kier molecular flexibility index (Phi) is 4.96. The number of rotatable bonds is 5. The molecule has 1 unspecified atom stereocenters. The monoisotopic (exact) mass is 283 g/mol. The number of benzene rings is 1. The molecule has 0 fully saturated rings. The largest absolute Gasteiger partial charge is 0.490 e. The average Bonchev–Trinajstić information content (AvgIpc) is 2.63. The van der Waals surface area contributed by atoms with E-state index in [1.165, 1.54) is 0 Å². The molecule has 0 spiro atoms. The Morgan fingerprint density at radius 2 is 2.05 bits per heavy atom. The summed E-state index contributed by atoms with van der Waals surface area (Å²) in [5.74, 6) is 2.51. The van der Waals surface area contributed by atoms with Gasteiger partial charge in [0, 0.05) is 16.9 Å². The molecule has 1 aliphatic heterocycles. The molecule has 0 aliphatic carbocycles. The molecule has 0 radical (unpaired) electrons. The number of aliphatic hydroxyl groups excluding tert-OH is 1. The number of thioether (sulfide) groups is 1. The van der Waals surface area contributed by atoms with Crippen LogP contribution in [0.4, 0.5) is 0 Å². The molecular weight excluding hydrogens is 262 g/mol. The number of nitrogens with two attached hydrogens (primary N) is 1. The van der Waals surface area contributed by atoms with Gasteiger partial charge >= 0.3 is 0 Å². The van der Waals surface area contributed by atoms with Crippen molar-refractivity contribution in [3.63, 3.8) is 0 Å². The summed E-state index contributed by atoms with van der Waals surface area (Å²) in [5.41, 5.74) is 5.40. The number of hydrogen-bond acceptors (Lipinski definition) is 5. The van der Waals surface area contributed by atoms with E-state index in [4.69, 9.17) is 20.3 Å². The van der Waals surface area contributed by atoms with Crippen LogP contribution in [0.15, 0.2) is 23.1 Å². The highest BCUT2D eigenvalue weighted by Gasteiger charge is 2.17. The normalized spacial score (nSPS) is 17.6. The highest BCUT2D eigenvalue weighted by molar-refractivity contribution is 7.99. The number of fused-ring (bicyclic) bond motifs is 1. The van der Waals surface area contributed by atoms with Crippen molar-refractivity contribution in [3.05, 3.63) is 18.2 Å². The SMILES string of the molecule is CC(N)(CO)CCSc1ccc2c(c1)OCCCO2. The molecule has 1 atom stereocenters. The van der Waals surface area contributed by atoms with Crippen LogP contribution >= 0.6 is 11.8 Å². The van der Waals surface area contributed by atoms with Crippen LogP contribution in [0.5, 0.6) is 11.5 Å². The van der Waals surface area contributed by atoms with Gasteiger partial charge in [0.25, 0.3) is 0 Å². The molecule has 19 heavy (non-hydrogen) atoms. The van der Waals surface area contributed by atoms with Crippen molar-refractivity contribution < 1.29 is 14.6 Å². The second-order valence-corrected chi connectivity index (χ2v) is 6.24. The van der Waals surface area contributed by atoms with Gasteiger partial charge in [-0.25, -0.2) is 0 Å². The van der Waals surface area contributed by atoms with Gasteiger partial charge in [-0.3, -0.25) is 0 Å². The van der Waals surface area contributed by atoms with Crippen LogP contribution in [0.2, 0.25) is 0 Å². The van der Waals surface area contributed by atoms with Gasteiger partial charge in [0.05, 0.1) is 19.8 Å². The summed E-state index contributed by atoms with van der Waals surface area (Å²) in [5, 5.41) is 9.11. The third kappa shape index (κ3) is 4.30. The first kappa shape index (κ1) is 14.5. The van der Waals surface area contributed by atoms with E-state index in [0.29, 0.717) is 13.2 Å². The average molecular weight is 283 g/mol. The first-order chi connectivity index (χ1) is 9.11. The molecule has 1 aromatic rings. The van der Waals surface area contributed by atoms with Crippen molar-refractivity contribution >= 4 is 11.8 Å². The van der Waals surface area contributed by atoms with E-state index in [1.807, 2.05) is 25.1 Å². The van der Waals surface area contributed by atoms with Crippen LogP contribution in [-0.4, -0.2) is 36.2 Å². The molecule has 0 amide bonds. The molecule has 0 saturated heterocycles. The zero-order valence-electron chi connectivity index (χ0n) is 11.2. The molecule has 5 heteroatoms. The van der Waals surface area contributed by atoms with Gasteiger partial charge in [-0.1, -0.05) is 0 Å². The quantitative estimate of drug-likeness (QED) is 0.810. The zero-order valence-corrected chi connectivity index (χ0v) is 12.0. The summed E-state index contributed by atoms with van der Waals surface area (Å²) < 4.78 is 11.2. The van der Waals surface area contributed by atoms with Crippen molar-refractivity contribution in [1.29, 1.82) is 0 Å². The van der Waals surface area contributed by atoms with Gasteiger partial charge in [-0.05, 0) is 37.3 Å². The van der Waals surface area contributed by atoms with Gasteiger partial charge in [0.1, 0.15) is 0 Å². The standard InChI is InChI=1S/C14H21NO3S/c1-14(15,10-16)5-8-19-11-3-4-12-13(9-11)18-7-2-6-17-12/h3-4,9,16H,2,5-8,10,15H2,1H3. The van der Waals surface area contributed by atoms with E-state index >= 15 is 0 Å². The minimum atomic E-state index is -0.502. The van der Waals surface area contributed by atoms with Gasteiger partial charge in [0.15, 0.2) is 11.5 Å². The fourth-order valence-corrected chi connectivity index (χ4v) is 2.87. The Balaban J connectivity index is 1.93. The lowest BCUT2D eigenvalue weighted by atomic mass is 10.0. The fraction of sp³-hybridized carbons (Fsp3) is 0.571. The molecule has 4 nitrogen and oxygen atoms in total. The van der Waals surface area contributed by atoms with Gasteiger partial charge in [-0.15, -0.1) is 11.8 Å². The maximum Gasteiger partial charge on any atom is 0.162 e. The lowest BCUT2D eigenvalue weighted by Gasteiger charge is -2.21. The Bertz CT molecular complexity index is 423. The molecular formula is C14H21NO3S. The number of aliphatic hydroxyl groups is 1. The van der Waals surface area contributed by atoms with Gasteiger partial charge in [-0.2, -0.15) is 0 Å². The summed E-state index contributed by atoms with van der Waals surface area (Å²) >= 11 is 1.72. The van der Waals surface area contributed by atoms with E-state index in [0.717, 1.165) is 35.0 Å². The predicted octanol–water partition coefficient (Wildman–Crippen LogP) is 2.04. The molecule has 1 aliphatic rings. The van der Waals surface area contributed by atoms with Crippen LogP contribution < -0.4 is 15.2 Å². The van der Waals surface area contributed by atoms with E-state index < -0.39 is 5.54 Å². The van der Waals surface area contributed by atoms with Crippen LogP contribution in [0, 0.1) is 0 Å². The predicted molar refractivity (Wildman–Crippen MR) is 77.1 cm³/mol. The summed E-state index contributed by atoms with van der Waals surface area (Å²) in [7, 11) is 0. The molecule has 1 aromatic carbocycles. The zero-order chi connectivity index (χ0) is 13.7. The first-order valence-corrected chi connectivity index (χ1v) is 7.51. The maximum absolute atomic E-state index is 9.11. The topological polar surface area (TPSA) is 64.7 Å². The Morgan fingerprint density at radius 3 is 2.79 bits per heavy atom. The smallest absolute Gasteiger partial charge is 0.162 e. The minimum Gasteiger partial charge on any atom is -0.490 e. The van der Waals surface area contributed by atoms with Crippen LogP contribution in [0.1, 0.15) is 19.8 Å². The summed E-state index contributed by atoms with van der Waals surface area (Å²) in [6, 6.07) is 6.00. The molecule has 0 saturated carbocycles. The van der Waals surface area contributed by atoms with Crippen LogP contribution in [0.25, 0.3) is 0 Å². The molecule has 0 aromatic heterocycles. The summed E-state index contributed by atoms with van der Waals surface area (Å²) in [6.45, 7) is 3.28. The molecule has 106 valence electrons. The molecule has 1 heterocycles. The molecule has 3 N–H and O–H groups in total. The lowest BCUT2D eigenvalue weighted by Crippen LogP contribution is -2.40. The fourth-order valence-electron chi connectivity index (χ4n) is 1.71. The number of ether oxygens (including phenoxy) is 2. The lowest BCUT2D eigenvalue weighted by molar-refractivity contribution is 0.206. The van der Waals surface area contributed by atoms with Gasteiger partial charge < -0.3 is 20.3 Å². The second-order valence-electron chi connectivity index (χ2n) is 5.07. The van der Waals surface area contributed by atoms with E-state index in [1.54, 1.807) is 11.8 Å². The van der Waals surface area contributed by atoms with Crippen LogP contribution in [0.3, 0.4) is 0 Å². The Labute approximate surface area is 118 Å². The van der Waals surface area contributed by atoms with Crippen molar-refractivity contribution in [2.45, 2.75) is 30.2 Å². The third-order valence-electron chi connectivity index (χ3n) is 3.02. The molecule has 2 rings (SSSR count). The summed E-state index contributed by atoms with van der Waals surface area (Å²) in [4.78, 5) is 1.14. The molecule has 0 bridgehead atoms. The van der Waals surface area contributed by atoms with Gasteiger partial charge in [0.2, 0.25) is 0 Å². The van der Waals surface area contributed by atoms with E-state index in [-0.39, 0.29) is 6.61 Å². The van der Waals surface area contributed by atoms with Crippen molar-refractivity contribution in [1.82, 2.24) is 0 Å².